The van der Waals surface area contributed by atoms with Crippen LogP contribution in [0.3, 0.4) is 0 Å². The Morgan fingerprint density at radius 2 is 1.67 bits per heavy atom. The number of piperidine rings is 1. The second-order valence-corrected chi connectivity index (χ2v) is 8.87. The first-order valence-corrected chi connectivity index (χ1v) is 11.3. The zero-order valence-corrected chi connectivity index (χ0v) is 17.6. The Balaban J connectivity index is 1.24. The van der Waals surface area contributed by atoms with Crippen molar-refractivity contribution in [3.05, 3.63) is 24.3 Å². The zero-order valence-electron chi connectivity index (χ0n) is 17.6. The minimum atomic E-state index is -0.400. The van der Waals surface area contributed by atoms with E-state index in [1.54, 1.807) is 12.1 Å². The molecule has 1 aliphatic carbocycles. The van der Waals surface area contributed by atoms with E-state index in [1.165, 1.54) is 43.5 Å². The Labute approximate surface area is 178 Å². The molecule has 0 aromatic heterocycles. The largest absolute Gasteiger partial charge is 0.328 e. The van der Waals surface area contributed by atoms with Crippen LogP contribution in [0.5, 0.6) is 0 Å². The van der Waals surface area contributed by atoms with Gasteiger partial charge in [0, 0.05) is 36.8 Å². The van der Waals surface area contributed by atoms with Crippen LogP contribution in [0.4, 0.5) is 16.2 Å². The fourth-order valence-electron chi connectivity index (χ4n) is 4.89. The van der Waals surface area contributed by atoms with Crippen molar-refractivity contribution in [2.24, 2.45) is 11.8 Å². The third kappa shape index (κ3) is 5.19. The number of urea groups is 1. The van der Waals surface area contributed by atoms with Gasteiger partial charge in [0.25, 0.3) is 0 Å². The monoisotopic (exact) mass is 412 g/mol. The predicted molar refractivity (Wildman–Crippen MR) is 116 cm³/mol. The van der Waals surface area contributed by atoms with Crippen molar-refractivity contribution in [2.75, 3.05) is 36.4 Å². The summed E-state index contributed by atoms with van der Waals surface area (Å²) in [4.78, 5) is 40.0. The molecule has 2 heterocycles. The highest BCUT2D eigenvalue weighted by Gasteiger charge is 2.27. The zero-order chi connectivity index (χ0) is 20.9. The number of nitrogens with one attached hydrogen (secondary N) is 2. The van der Waals surface area contributed by atoms with E-state index in [0.29, 0.717) is 18.7 Å². The highest BCUT2D eigenvalue weighted by molar-refractivity contribution is 6.05. The minimum absolute atomic E-state index is 0.0613. The van der Waals surface area contributed by atoms with Gasteiger partial charge in [-0.1, -0.05) is 19.3 Å². The Bertz CT molecular complexity index is 765. The number of hydrogen-bond acceptors (Lipinski definition) is 4. The average Bonchev–Trinajstić information content (AvgIpc) is 2.76. The van der Waals surface area contributed by atoms with Crippen molar-refractivity contribution >= 4 is 29.2 Å². The maximum atomic E-state index is 12.7. The molecule has 1 saturated carbocycles. The normalized spacial score (nSPS) is 22.1. The summed E-state index contributed by atoms with van der Waals surface area (Å²) in [5.41, 5.74) is 1.45. The molecule has 3 fully saturated rings. The van der Waals surface area contributed by atoms with E-state index < -0.39 is 6.03 Å². The van der Waals surface area contributed by atoms with Crippen molar-refractivity contribution < 1.29 is 14.4 Å². The minimum Gasteiger partial charge on any atom is -0.326 e. The molecular weight excluding hydrogens is 380 g/mol. The average molecular weight is 413 g/mol. The summed E-state index contributed by atoms with van der Waals surface area (Å²) in [5, 5.41) is 5.35. The molecule has 30 heavy (non-hydrogen) atoms. The molecule has 0 spiro atoms. The van der Waals surface area contributed by atoms with Gasteiger partial charge in [-0.25, -0.2) is 4.79 Å². The van der Waals surface area contributed by atoms with Crippen LogP contribution >= 0.6 is 0 Å². The van der Waals surface area contributed by atoms with Crippen LogP contribution in [-0.2, 0) is 9.59 Å². The second-order valence-electron chi connectivity index (χ2n) is 8.87. The highest BCUT2D eigenvalue weighted by Crippen LogP contribution is 2.27. The lowest BCUT2D eigenvalue weighted by atomic mass is 9.88. The van der Waals surface area contributed by atoms with Crippen molar-refractivity contribution in [1.29, 1.82) is 0 Å². The molecule has 0 bridgehead atoms. The van der Waals surface area contributed by atoms with Gasteiger partial charge < -0.3 is 10.2 Å². The maximum absolute atomic E-state index is 12.7. The SMILES string of the molecule is O=C1CCN(c2ccc(NC(=O)C3CCN(CC4CCCCC4)CC3)cc2)C(=O)N1. The molecule has 2 N–H and O–H groups in total. The number of hydrogen-bond donors (Lipinski definition) is 2. The van der Waals surface area contributed by atoms with Gasteiger partial charge in [-0.3, -0.25) is 19.8 Å². The third-order valence-corrected chi connectivity index (χ3v) is 6.70. The summed E-state index contributed by atoms with van der Waals surface area (Å²) < 4.78 is 0. The molecule has 0 atom stereocenters. The number of carbonyl (C=O) groups excluding carboxylic acids is 3. The first-order valence-electron chi connectivity index (χ1n) is 11.3. The standard InChI is InChI=1S/C23H32N4O3/c28-21-12-15-27(23(30)25-21)20-8-6-19(7-9-20)24-22(29)18-10-13-26(14-11-18)16-17-4-2-1-3-5-17/h6-9,17-18H,1-5,10-16H2,(H,24,29)(H,25,28,30). The molecule has 0 radical (unpaired) electrons. The molecule has 2 saturated heterocycles. The van der Waals surface area contributed by atoms with E-state index in [-0.39, 0.29) is 17.7 Å². The summed E-state index contributed by atoms with van der Waals surface area (Å²) in [7, 11) is 0. The van der Waals surface area contributed by atoms with Crippen LogP contribution in [0.15, 0.2) is 24.3 Å². The van der Waals surface area contributed by atoms with Gasteiger partial charge in [-0.2, -0.15) is 0 Å². The van der Waals surface area contributed by atoms with E-state index in [9.17, 15) is 14.4 Å². The number of anilines is 2. The van der Waals surface area contributed by atoms with Crippen LogP contribution in [-0.4, -0.2) is 48.9 Å². The van der Waals surface area contributed by atoms with Gasteiger partial charge >= 0.3 is 6.03 Å². The number of carbonyl (C=O) groups is 3. The summed E-state index contributed by atoms with van der Waals surface area (Å²) in [5.74, 6) is 0.750. The molecule has 2 aliphatic heterocycles. The van der Waals surface area contributed by atoms with E-state index in [0.717, 1.165) is 37.5 Å². The van der Waals surface area contributed by atoms with Gasteiger partial charge in [0.05, 0.1) is 0 Å². The van der Waals surface area contributed by atoms with E-state index in [1.807, 2.05) is 12.1 Å². The lowest BCUT2D eigenvalue weighted by Crippen LogP contribution is -2.49. The smallest absolute Gasteiger partial charge is 0.326 e. The van der Waals surface area contributed by atoms with Gasteiger partial charge in [0.15, 0.2) is 0 Å². The van der Waals surface area contributed by atoms with Gasteiger partial charge in [0.2, 0.25) is 11.8 Å². The van der Waals surface area contributed by atoms with Crippen LogP contribution < -0.4 is 15.5 Å². The van der Waals surface area contributed by atoms with Crippen molar-refractivity contribution in [1.82, 2.24) is 10.2 Å². The van der Waals surface area contributed by atoms with Crippen LogP contribution in [0.1, 0.15) is 51.4 Å². The molecule has 0 unspecified atom stereocenters. The lowest BCUT2D eigenvalue weighted by molar-refractivity contribution is -0.121. The number of nitrogens with zero attached hydrogens (tertiary/aromatic N) is 2. The molecule has 7 nitrogen and oxygen atoms in total. The molecule has 4 rings (SSSR count). The van der Waals surface area contributed by atoms with E-state index in [4.69, 9.17) is 0 Å². The Kier molecular flexibility index (Phi) is 6.67. The Morgan fingerprint density at radius 1 is 0.967 bits per heavy atom. The molecule has 1 aromatic carbocycles. The predicted octanol–water partition coefficient (Wildman–Crippen LogP) is 3.36. The van der Waals surface area contributed by atoms with E-state index in [2.05, 4.69) is 15.5 Å². The number of rotatable bonds is 5. The van der Waals surface area contributed by atoms with Gasteiger partial charge in [-0.05, 0) is 69.0 Å². The first kappa shape index (κ1) is 20.8. The quantitative estimate of drug-likeness (QED) is 0.777. The fraction of sp³-hybridized carbons (Fsp3) is 0.609. The Hall–Kier alpha value is -2.41. The van der Waals surface area contributed by atoms with Crippen LogP contribution in [0.2, 0.25) is 0 Å². The van der Waals surface area contributed by atoms with Gasteiger partial charge in [-0.15, -0.1) is 0 Å². The third-order valence-electron chi connectivity index (χ3n) is 6.70. The topological polar surface area (TPSA) is 81.8 Å². The lowest BCUT2D eigenvalue weighted by Gasteiger charge is -2.34. The molecule has 162 valence electrons. The maximum Gasteiger partial charge on any atom is 0.328 e. The molecular formula is C23H32N4O3. The van der Waals surface area contributed by atoms with Crippen LogP contribution in [0, 0.1) is 11.8 Å². The number of benzene rings is 1. The highest BCUT2D eigenvalue weighted by atomic mass is 16.2. The Morgan fingerprint density at radius 3 is 2.33 bits per heavy atom. The first-order chi connectivity index (χ1) is 14.6. The molecule has 7 heteroatoms. The van der Waals surface area contributed by atoms with Crippen molar-refractivity contribution in [3.8, 4) is 0 Å². The summed E-state index contributed by atoms with van der Waals surface area (Å²) >= 11 is 0. The molecule has 4 amide bonds. The van der Waals surface area contributed by atoms with Crippen LogP contribution in [0.25, 0.3) is 0 Å². The summed E-state index contributed by atoms with van der Waals surface area (Å²) in [6.07, 6.45) is 9.01. The second kappa shape index (κ2) is 9.60. The fourth-order valence-corrected chi connectivity index (χ4v) is 4.89. The van der Waals surface area contributed by atoms with Crippen molar-refractivity contribution in [3.63, 3.8) is 0 Å². The summed E-state index contributed by atoms with van der Waals surface area (Å²) in [6, 6.07) is 6.84. The molecule has 3 aliphatic rings. The summed E-state index contributed by atoms with van der Waals surface area (Å²) in [6.45, 7) is 3.59. The van der Waals surface area contributed by atoms with Crippen molar-refractivity contribution in [2.45, 2.75) is 51.4 Å². The van der Waals surface area contributed by atoms with Gasteiger partial charge in [0.1, 0.15) is 0 Å². The number of likely N-dealkylation sites (tertiary alicyclic amines) is 1. The molecule has 1 aromatic rings. The van der Waals surface area contributed by atoms with E-state index >= 15 is 0 Å². The number of imide groups is 1. The number of amides is 4.